The summed E-state index contributed by atoms with van der Waals surface area (Å²) in [6.07, 6.45) is 1.64. The smallest absolute Gasteiger partial charge is 0.183 e. The minimum absolute atomic E-state index is 0.0951. The Labute approximate surface area is 159 Å². The Morgan fingerprint density at radius 1 is 1.15 bits per heavy atom. The molecule has 0 aliphatic carbocycles. The Morgan fingerprint density at radius 3 is 2.52 bits per heavy atom. The van der Waals surface area contributed by atoms with E-state index in [1.54, 1.807) is 30.5 Å². The summed E-state index contributed by atoms with van der Waals surface area (Å²) in [5, 5.41) is 2.03. The lowest BCUT2D eigenvalue weighted by molar-refractivity contribution is 0.340. The Hall–Kier alpha value is -1.97. The molecule has 1 aromatic heterocycles. The number of nitrogens with zero attached hydrogens (tertiary/aromatic N) is 1. The number of hydrogen-bond acceptors (Lipinski definition) is 7. The molecule has 1 aromatic carbocycles. The number of rotatable bonds is 7. The van der Waals surface area contributed by atoms with Gasteiger partial charge in [0.25, 0.3) is 0 Å². The molecule has 3 rings (SSSR count). The van der Waals surface area contributed by atoms with Gasteiger partial charge in [-0.15, -0.1) is 0 Å². The van der Waals surface area contributed by atoms with Crippen LogP contribution in [0.15, 0.2) is 53.6 Å². The number of ether oxygens (including phenoxy) is 1. The summed E-state index contributed by atoms with van der Waals surface area (Å²) >= 11 is 0. The van der Waals surface area contributed by atoms with Crippen LogP contribution in [0.4, 0.5) is 0 Å². The first kappa shape index (κ1) is 19.8. The molecule has 27 heavy (non-hydrogen) atoms. The number of aromatic nitrogens is 1. The van der Waals surface area contributed by atoms with Crippen LogP contribution in [0, 0.1) is 0 Å². The largest absolute Gasteiger partial charge is 0.494 e. The second-order valence-corrected chi connectivity index (χ2v) is 10.7. The van der Waals surface area contributed by atoms with Crippen molar-refractivity contribution < 1.29 is 21.6 Å². The standard InChI is InChI=1S/C18H22N2O5S2/c1-2-25-15-6-8-16(9-7-15)27(23,24)18-13-26(21,22)12-17(18)20-11-14-5-3-4-10-19-14/h3-10,17-18,20H,2,11-13H2,1H3/t17-,18-/m1/s1. The van der Waals surface area contributed by atoms with Gasteiger partial charge in [0.05, 0.1) is 34.0 Å². The molecule has 146 valence electrons. The van der Waals surface area contributed by atoms with Crippen molar-refractivity contribution in [1.29, 1.82) is 0 Å². The first-order chi connectivity index (χ1) is 12.8. The van der Waals surface area contributed by atoms with E-state index < -0.39 is 31.0 Å². The van der Waals surface area contributed by atoms with E-state index in [1.165, 1.54) is 12.1 Å². The van der Waals surface area contributed by atoms with Crippen molar-refractivity contribution in [3.8, 4) is 5.75 Å². The molecule has 0 unspecified atom stereocenters. The molecular formula is C18H22N2O5S2. The monoisotopic (exact) mass is 410 g/mol. The van der Waals surface area contributed by atoms with Gasteiger partial charge in [-0.25, -0.2) is 16.8 Å². The Kier molecular flexibility index (Phi) is 5.83. The summed E-state index contributed by atoms with van der Waals surface area (Å²) in [4.78, 5) is 4.27. The quantitative estimate of drug-likeness (QED) is 0.732. The molecule has 0 saturated carbocycles. The van der Waals surface area contributed by atoms with Crippen LogP contribution in [0.3, 0.4) is 0 Å². The predicted octanol–water partition coefficient (Wildman–Crippen LogP) is 1.21. The van der Waals surface area contributed by atoms with E-state index >= 15 is 0 Å². The fourth-order valence-electron chi connectivity index (χ4n) is 3.12. The van der Waals surface area contributed by atoms with E-state index in [-0.39, 0.29) is 16.4 Å². The third-order valence-electron chi connectivity index (χ3n) is 4.43. The highest BCUT2D eigenvalue weighted by atomic mass is 32.2. The molecule has 2 atom stereocenters. The zero-order chi connectivity index (χ0) is 19.5. The van der Waals surface area contributed by atoms with Crippen LogP contribution in [0.2, 0.25) is 0 Å². The lowest BCUT2D eigenvalue weighted by Crippen LogP contribution is -2.43. The molecule has 9 heteroatoms. The van der Waals surface area contributed by atoms with Gasteiger partial charge in [-0.3, -0.25) is 4.98 Å². The number of hydrogen-bond donors (Lipinski definition) is 1. The van der Waals surface area contributed by atoms with E-state index in [0.29, 0.717) is 18.9 Å². The highest BCUT2D eigenvalue weighted by Crippen LogP contribution is 2.27. The van der Waals surface area contributed by atoms with Crippen molar-refractivity contribution in [2.24, 2.45) is 0 Å². The van der Waals surface area contributed by atoms with Crippen LogP contribution in [-0.4, -0.2) is 51.2 Å². The van der Waals surface area contributed by atoms with E-state index in [2.05, 4.69) is 10.3 Å². The highest BCUT2D eigenvalue weighted by molar-refractivity contribution is 7.96. The average Bonchev–Trinajstić information content (AvgIpc) is 2.97. The van der Waals surface area contributed by atoms with Crippen LogP contribution in [0.5, 0.6) is 5.75 Å². The van der Waals surface area contributed by atoms with Crippen molar-refractivity contribution in [3.63, 3.8) is 0 Å². The Balaban J connectivity index is 1.82. The number of nitrogens with one attached hydrogen (secondary N) is 1. The molecule has 2 aromatic rings. The van der Waals surface area contributed by atoms with E-state index in [4.69, 9.17) is 4.74 Å². The maximum Gasteiger partial charge on any atom is 0.183 e. The molecular weight excluding hydrogens is 388 g/mol. The van der Waals surface area contributed by atoms with Crippen molar-refractivity contribution >= 4 is 19.7 Å². The van der Waals surface area contributed by atoms with Gasteiger partial charge in [-0.05, 0) is 43.3 Å². The van der Waals surface area contributed by atoms with Gasteiger partial charge in [0.2, 0.25) is 0 Å². The van der Waals surface area contributed by atoms with Gasteiger partial charge in [-0.1, -0.05) is 6.07 Å². The summed E-state index contributed by atoms with van der Waals surface area (Å²) < 4.78 is 55.7. The lowest BCUT2D eigenvalue weighted by atomic mass is 10.2. The minimum atomic E-state index is -3.81. The fourth-order valence-corrected chi connectivity index (χ4v) is 7.83. The van der Waals surface area contributed by atoms with Crippen LogP contribution in [-0.2, 0) is 26.2 Å². The van der Waals surface area contributed by atoms with Crippen LogP contribution in [0.1, 0.15) is 12.6 Å². The maximum absolute atomic E-state index is 13.1. The first-order valence-electron chi connectivity index (χ1n) is 8.62. The second kappa shape index (κ2) is 7.95. The molecule has 1 fully saturated rings. The summed E-state index contributed by atoms with van der Waals surface area (Å²) in [5.41, 5.74) is 0.721. The first-order valence-corrected chi connectivity index (χ1v) is 12.0. The molecule has 1 aliphatic rings. The van der Waals surface area contributed by atoms with Crippen molar-refractivity contribution in [3.05, 3.63) is 54.4 Å². The summed E-state index contributed by atoms with van der Waals surface area (Å²) in [5.74, 6) is -0.0243. The predicted molar refractivity (Wildman–Crippen MR) is 102 cm³/mol. The van der Waals surface area contributed by atoms with E-state index in [1.807, 2.05) is 13.0 Å². The zero-order valence-corrected chi connectivity index (χ0v) is 16.5. The molecule has 1 saturated heterocycles. The second-order valence-electron chi connectivity index (χ2n) is 6.37. The molecule has 2 heterocycles. The van der Waals surface area contributed by atoms with Crippen molar-refractivity contribution in [1.82, 2.24) is 10.3 Å². The maximum atomic E-state index is 13.1. The van der Waals surface area contributed by atoms with Crippen LogP contribution >= 0.6 is 0 Å². The normalized spacial score (nSPS) is 21.8. The summed E-state index contributed by atoms with van der Waals surface area (Å²) in [7, 11) is -7.26. The molecule has 0 bridgehead atoms. The third kappa shape index (κ3) is 4.66. The number of benzene rings is 1. The molecule has 7 nitrogen and oxygen atoms in total. The van der Waals surface area contributed by atoms with Gasteiger partial charge in [0.1, 0.15) is 5.75 Å². The van der Waals surface area contributed by atoms with Gasteiger partial charge in [0, 0.05) is 18.8 Å². The summed E-state index contributed by atoms with van der Waals surface area (Å²) in [6, 6.07) is 10.8. The van der Waals surface area contributed by atoms with Gasteiger partial charge < -0.3 is 10.1 Å². The topological polar surface area (TPSA) is 102 Å². The SMILES string of the molecule is CCOc1ccc(S(=O)(=O)[C@@H]2CS(=O)(=O)C[C@H]2NCc2ccccn2)cc1. The van der Waals surface area contributed by atoms with Gasteiger partial charge in [-0.2, -0.15) is 0 Å². The third-order valence-corrected chi connectivity index (χ3v) is 8.60. The van der Waals surface area contributed by atoms with Crippen LogP contribution < -0.4 is 10.1 Å². The molecule has 0 amide bonds. The van der Waals surface area contributed by atoms with Gasteiger partial charge in [0.15, 0.2) is 19.7 Å². The van der Waals surface area contributed by atoms with Gasteiger partial charge >= 0.3 is 0 Å². The number of pyridine rings is 1. The highest BCUT2D eigenvalue weighted by Gasteiger charge is 2.45. The van der Waals surface area contributed by atoms with Crippen molar-refractivity contribution in [2.45, 2.75) is 29.7 Å². The lowest BCUT2D eigenvalue weighted by Gasteiger charge is -2.20. The number of sulfone groups is 2. The Bertz CT molecular complexity index is 974. The average molecular weight is 411 g/mol. The fraction of sp³-hybridized carbons (Fsp3) is 0.389. The van der Waals surface area contributed by atoms with E-state index in [9.17, 15) is 16.8 Å². The van der Waals surface area contributed by atoms with Crippen LogP contribution in [0.25, 0.3) is 0 Å². The Morgan fingerprint density at radius 2 is 1.89 bits per heavy atom. The molecule has 1 aliphatic heterocycles. The molecule has 0 spiro atoms. The molecule has 1 N–H and O–H groups in total. The zero-order valence-electron chi connectivity index (χ0n) is 14.9. The molecule has 0 radical (unpaired) electrons. The van der Waals surface area contributed by atoms with Crippen molar-refractivity contribution in [2.75, 3.05) is 18.1 Å². The minimum Gasteiger partial charge on any atom is -0.494 e. The summed E-state index contributed by atoms with van der Waals surface area (Å²) in [6.45, 7) is 2.62. The van der Waals surface area contributed by atoms with E-state index in [0.717, 1.165) is 5.69 Å².